The van der Waals surface area contributed by atoms with E-state index in [1.165, 1.54) is 6.08 Å². The Morgan fingerprint density at radius 3 is 2.29 bits per heavy atom. The molecule has 0 aliphatic heterocycles. The summed E-state index contributed by atoms with van der Waals surface area (Å²) in [5.41, 5.74) is 5.96. The zero-order valence-electron chi connectivity index (χ0n) is 7.60. The summed E-state index contributed by atoms with van der Waals surface area (Å²) in [6, 6.07) is 9.71. The normalized spacial score (nSPS) is 8.57. The Kier molecular flexibility index (Phi) is 8.56. The van der Waals surface area contributed by atoms with Crippen molar-refractivity contribution in [2.75, 3.05) is 0 Å². The Labute approximate surface area is 83.3 Å². The second-order valence-corrected chi connectivity index (χ2v) is 2.34. The highest BCUT2D eigenvalue weighted by atomic mass is 16.1. The molecular formula is C9H13BNO3. The van der Waals surface area contributed by atoms with Gasteiger partial charge in [-0.1, -0.05) is 35.8 Å². The summed E-state index contributed by atoms with van der Waals surface area (Å²) in [5, 5.41) is 0. The molecule has 0 aliphatic carbocycles. The molecule has 1 radical (unpaired) electrons. The van der Waals surface area contributed by atoms with Crippen molar-refractivity contribution in [3.63, 3.8) is 0 Å². The minimum absolute atomic E-state index is 0. The molecule has 0 saturated carbocycles. The van der Waals surface area contributed by atoms with Gasteiger partial charge in [-0.3, -0.25) is 4.79 Å². The molecule has 0 aromatic heterocycles. The van der Waals surface area contributed by atoms with Crippen LogP contribution in [0.1, 0.15) is 0 Å². The van der Waals surface area contributed by atoms with Crippen molar-refractivity contribution in [1.29, 1.82) is 0 Å². The average molecular weight is 194 g/mol. The lowest BCUT2D eigenvalue weighted by Gasteiger charge is -1.91. The van der Waals surface area contributed by atoms with Gasteiger partial charge < -0.3 is 16.7 Å². The first-order chi connectivity index (χ1) is 5.79. The molecule has 1 aromatic carbocycles. The van der Waals surface area contributed by atoms with Gasteiger partial charge in [-0.25, -0.2) is 0 Å². The summed E-state index contributed by atoms with van der Waals surface area (Å²) in [4.78, 5) is 10.3. The fourth-order valence-corrected chi connectivity index (χ4v) is 0.818. The van der Waals surface area contributed by atoms with E-state index in [-0.39, 0.29) is 11.0 Å². The van der Waals surface area contributed by atoms with Crippen LogP contribution in [-0.2, 0) is 4.79 Å². The van der Waals surface area contributed by atoms with Crippen molar-refractivity contribution in [2.45, 2.75) is 0 Å². The number of amides is 1. The first-order valence-corrected chi connectivity index (χ1v) is 3.65. The van der Waals surface area contributed by atoms with Gasteiger partial charge in [-0.05, 0) is 6.08 Å². The molecule has 75 valence electrons. The fraction of sp³-hybridized carbons (Fsp3) is 0. The summed E-state index contributed by atoms with van der Waals surface area (Å²) in [6.07, 6.45) is 1.33. The van der Waals surface area contributed by atoms with Crippen LogP contribution in [0.15, 0.2) is 42.4 Å². The Bertz CT molecular complexity index is 287. The summed E-state index contributed by atoms with van der Waals surface area (Å²) in [6.45, 7) is 0. The van der Waals surface area contributed by atoms with E-state index < -0.39 is 5.91 Å². The quantitative estimate of drug-likeness (QED) is 0.452. The van der Waals surface area contributed by atoms with Crippen LogP contribution < -0.4 is 11.2 Å². The van der Waals surface area contributed by atoms with Crippen molar-refractivity contribution in [2.24, 2.45) is 5.73 Å². The average Bonchev–Trinajstić information content (AvgIpc) is 2.05. The monoisotopic (exact) mass is 194 g/mol. The highest BCUT2D eigenvalue weighted by Crippen LogP contribution is 1.81. The van der Waals surface area contributed by atoms with E-state index >= 15 is 0 Å². The second kappa shape index (κ2) is 8.03. The fourth-order valence-electron chi connectivity index (χ4n) is 0.818. The zero-order chi connectivity index (χ0) is 8.81. The van der Waals surface area contributed by atoms with Crippen LogP contribution in [0.4, 0.5) is 0 Å². The van der Waals surface area contributed by atoms with Crippen molar-refractivity contribution in [3.8, 4) is 0 Å². The highest BCUT2D eigenvalue weighted by Gasteiger charge is 1.89. The van der Waals surface area contributed by atoms with Gasteiger partial charge >= 0.3 is 0 Å². The molecule has 0 saturated heterocycles. The first kappa shape index (κ1) is 14.9. The van der Waals surface area contributed by atoms with E-state index in [0.717, 1.165) is 5.46 Å². The van der Waals surface area contributed by atoms with Gasteiger partial charge in [0.1, 0.15) is 0 Å². The third-order valence-corrected chi connectivity index (χ3v) is 1.35. The topological polar surface area (TPSA) is 106 Å². The standard InChI is InChI=1S/C9H9BNO.2H2O/c11-9(12)6-7-10-8-4-2-1-3-5-8;;/h1-7H,(H2,11,12);2*1H2. The predicted molar refractivity (Wildman–Crippen MR) is 57.4 cm³/mol. The zero-order valence-corrected chi connectivity index (χ0v) is 7.60. The third-order valence-electron chi connectivity index (χ3n) is 1.35. The number of carbonyl (C=O) groups excluding carboxylic acids is 1. The Balaban J connectivity index is 0. The number of rotatable bonds is 3. The molecule has 1 amide bonds. The van der Waals surface area contributed by atoms with Gasteiger partial charge in [0.25, 0.3) is 0 Å². The van der Waals surface area contributed by atoms with Gasteiger partial charge in [0.05, 0.1) is 0 Å². The molecule has 6 N–H and O–H groups in total. The lowest BCUT2D eigenvalue weighted by atomic mass is 9.70. The van der Waals surface area contributed by atoms with Crippen LogP contribution in [-0.4, -0.2) is 24.1 Å². The number of carbonyl (C=O) groups is 1. The van der Waals surface area contributed by atoms with E-state index in [0.29, 0.717) is 0 Å². The number of hydrogen-bond donors (Lipinski definition) is 1. The van der Waals surface area contributed by atoms with Gasteiger partial charge in [-0.2, -0.15) is 0 Å². The van der Waals surface area contributed by atoms with E-state index in [1.807, 2.05) is 37.6 Å². The van der Waals surface area contributed by atoms with Gasteiger partial charge in [-0.15, -0.1) is 5.98 Å². The van der Waals surface area contributed by atoms with Crippen molar-refractivity contribution in [1.82, 2.24) is 0 Å². The van der Waals surface area contributed by atoms with Crippen LogP contribution in [0.25, 0.3) is 0 Å². The lowest BCUT2D eigenvalue weighted by molar-refractivity contribution is -0.113. The molecule has 4 nitrogen and oxygen atoms in total. The van der Waals surface area contributed by atoms with E-state index in [9.17, 15) is 4.79 Å². The Morgan fingerprint density at radius 2 is 1.79 bits per heavy atom. The molecule has 0 heterocycles. The van der Waals surface area contributed by atoms with Gasteiger partial charge in [0.2, 0.25) is 5.91 Å². The molecule has 0 fully saturated rings. The van der Waals surface area contributed by atoms with Crippen molar-refractivity contribution >= 4 is 18.6 Å². The smallest absolute Gasteiger partial charge is 0.240 e. The van der Waals surface area contributed by atoms with Crippen LogP contribution in [0.3, 0.4) is 0 Å². The molecular weight excluding hydrogens is 181 g/mol. The maximum atomic E-state index is 10.3. The molecule has 1 aromatic rings. The summed E-state index contributed by atoms with van der Waals surface area (Å²) in [5.74, 6) is 1.21. The van der Waals surface area contributed by atoms with Crippen LogP contribution in [0, 0.1) is 0 Å². The SMILES string of the molecule is NC(=O)C=C[B]c1ccccc1.O.O. The van der Waals surface area contributed by atoms with Crippen LogP contribution >= 0.6 is 0 Å². The number of hydrogen-bond acceptors (Lipinski definition) is 1. The van der Waals surface area contributed by atoms with E-state index in [1.54, 1.807) is 5.98 Å². The number of primary amides is 1. The van der Waals surface area contributed by atoms with Crippen molar-refractivity contribution in [3.05, 3.63) is 42.4 Å². The van der Waals surface area contributed by atoms with Gasteiger partial charge in [0.15, 0.2) is 7.28 Å². The lowest BCUT2D eigenvalue weighted by Crippen LogP contribution is -2.12. The summed E-state index contributed by atoms with van der Waals surface area (Å²) in [7, 11) is 1.82. The molecule has 0 unspecified atom stereocenters. The number of benzene rings is 1. The number of nitrogens with two attached hydrogens (primary N) is 1. The molecule has 14 heavy (non-hydrogen) atoms. The largest absolute Gasteiger partial charge is 0.412 e. The van der Waals surface area contributed by atoms with Crippen molar-refractivity contribution < 1.29 is 15.7 Å². The Morgan fingerprint density at radius 1 is 1.21 bits per heavy atom. The minimum Gasteiger partial charge on any atom is -0.412 e. The van der Waals surface area contributed by atoms with E-state index in [2.05, 4.69) is 0 Å². The minimum atomic E-state index is -0.429. The molecule has 1 rings (SSSR count). The molecule has 0 spiro atoms. The summed E-state index contributed by atoms with van der Waals surface area (Å²) >= 11 is 0. The highest BCUT2D eigenvalue weighted by molar-refractivity contribution is 6.58. The second-order valence-electron chi connectivity index (χ2n) is 2.34. The molecule has 0 bridgehead atoms. The Hall–Kier alpha value is -1.59. The van der Waals surface area contributed by atoms with Crippen LogP contribution in [0.2, 0.25) is 0 Å². The molecule has 5 heteroatoms. The maximum Gasteiger partial charge on any atom is 0.240 e. The molecule has 0 aliphatic rings. The maximum absolute atomic E-state index is 10.3. The van der Waals surface area contributed by atoms with E-state index in [4.69, 9.17) is 5.73 Å². The third kappa shape index (κ3) is 5.99. The molecule has 0 atom stereocenters. The van der Waals surface area contributed by atoms with Gasteiger partial charge in [0, 0.05) is 0 Å². The predicted octanol–water partition coefficient (Wildman–Crippen LogP) is -1.63. The summed E-state index contributed by atoms with van der Waals surface area (Å²) < 4.78 is 0. The first-order valence-electron chi connectivity index (χ1n) is 3.65. The van der Waals surface area contributed by atoms with Crippen LogP contribution in [0.5, 0.6) is 0 Å².